The van der Waals surface area contributed by atoms with E-state index in [0.717, 1.165) is 12.8 Å². The topological polar surface area (TPSA) is 64.6 Å². The number of halogens is 1. The molecule has 1 unspecified atom stereocenters. The lowest BCUT2D eigenvalue weighted by atomic mass is 10.1. The van der Waals surface area contributed by atoms with Crippen molar-refractivity contribution in [3.8, 4) is 11.5 Å². The lowest BCUT2D eigenvalue weighted by Crippen LogP contribution is -2.28. The second kappa shape index (κ2) is 10.6. The normalized spacial score (nSPS) is 11.5. The van der Waals surface area contributed by atoms with Gasteiger partial charge in [-0.3, -0.25) is 4.79 Å². The number of hydrogen-bond acceptors (Lipinski definition) is 4. The minimum atomic E-state index is -0.773. The number of benzene rings is 3. The third kappa shape index (κ3) is 6.59. The first-order chi connectivity index (χ1) is 14.9. The zero-order chi connectivity index (χ0) is 22.2. The number of esters is 1. The lowest BCUT2D eigenvalue weighted by Gasteiger charge is -2.14. The molecule has 0 radical (unpaired) electrons. The predicted molar refractivity (Wildman–Crippen MR) is 122 cm³/mol. The molecular weight excluding hydrogens is 414 g/mol. The summed E-state index contributed by atoms with van der Waals surface area (Å²) < 4.78 is 11.0. The summed E-state index contributed by atoms with van der Waals surface area (Å²) in [6.45, 7) is 3.76. The smallest absolute Gasteiger partial charge is 0.352 e. The number of carbonyl (C=O) groups excluding carboxylic acids is 2. The van der Waals surface area contributed by atoms with Crippen LogP contribution in [-0.4, -0.2) is 18.0 Å². The highest BCUT2D eigenvalue weighted by Gasteiger charge is 2.17. The molecule has 0 bridgehead atoms. The molecule has 0 heterocycles. The Morgan fingerprint density at radius 3 is 2.13 bits per heavy atom. The summed E-state index contributed by atoms with van der Waals surface area (Å²) in [4.78, 5) is 24.7. The first-order valence-electron chi connectivity index (χ1n) is 10.1. The maximum absolute atomic E-state index is 12.3. The van der Waals surface area contributed by atoms with Gasteiger partial charge >= 0.3 is 5.97 Å². The van der Waals surface area contributed by atoms with Gasteiger partial charge in [-0.05, 0) is 79.6 Å². The van der Waals surface area contributed by atoms with Crippen molar-refractivity contribution in [2.75, 3.05) is 5.32 Å². The molecule has 3 aromatic carbocycles. The zero-order valence-corrected chi connectivity index (χ0v) is 18.2. The standard InChI is InChI=1S/C25H24ClNO4/c1-3-4-18-5-13-22(14-6-18)30-17(2)25(29)31-23-15-7-19(8-16-23)24(28)27-21-11-9-20(26)10-12-21/h5-17H,3-4H2,1-2H3,(H,27,28). The number of ether oxygens (including phenoxy) is 2. The van der Waals surface area contributed by atoms with Crippen molar-refractivity contribution in [1.29, 1.82) is 0 Å². The number of anilines is 1. The second-order valence-electron chi connectivity index (χ2n) is 7.06. The highest BCUT2D eigenvalue weighted by Crippen LogP contribution is 2.19. The number of carbonyl (C=O) groups is 2. The first-order valence-corrected chi connectivity index (χ1v) is 10.5. The van der Waals surface area contributed by atoms with Gasteiger partial charge in [0.15, 0.2) is 6.10 Å². The molecule has 31 heavy (non-hydrogen) atoms. The van der Waals surface area contributed by atoms with Gasteiger partial charge in [-0.2, -0.15) is 0 Å². The summed E-state index contributed by atoms with van der Waals surface area (Å²) in [5.74, 6) is 0.153. The molecule has 3 rings (SSSR count). The van der Waals surface area contributed by atoms with Gasteiger partial charge in [0.25, 0.3) is 5.91 Å². The molecule has 3 aromatic rings. The Hall–Kier alpha value is -3.31. The van der Waals surface area contributed by atoms with Gasteiger partial charge < -0.3 is 14.8 Å². The van der Waals surface area contributed by atoms with Crippen molar-refractivity contribution < 1.29 is 19.1 Å². The predicted octanol–water partition coefficient (Wildman–Crippen LogP) is 5.92. The van der Waals surface area contributed by atoms with Gasteiger partial charge in [-0.1, -0.05) is 37.1 Å². The van der Waals surface area contributed by atoms with Crippen LogP contribution in [0.1, 0.15) is 36.2 Å². The lowest BCUT2D eigenvalue weighted by molar-refractivity contribution is -0.141. The zero-order valence-electron chi connectivity index (χ0n) is 17.4. The van der Waals surface area contributed by atoms with E-state index in [4.69, 9.17) is 21.1 Å². The van der Waals surface area contributed by atoms with Crippen LogP contribution in [0.3, 0.4) is 0 Å². The Kier molecular flexibility index (Phi) is 7.68. The molecule has 0 aliphatic heterocycles. The van der Waals surface area contributed by atoms with Gasteiger partial charge in [0.2, 0.25) is 0 Å². The molecule has 1 atom stereocenters. The fourth-order valence-electron chi connectivity index (χ4n) is 2.89. The van der Waals surface area contributed by atoms with Crippen LogP contribution < -0.4 is 14.8 Å². The number of aryl methyl sites for hydroxylation is 1. The van der Waals surface area contributed by atoms with Crippen LogP contribution in [0.2, 0.25) is 5.02 Å². The third-order valence-corrected chi connectivity index (χ3v) is 4.80. The van der Waals surface area contributed by atoms with E-state index in [0.29, 0.717) is 27.8 Å². The molecule has 160 valence electrons. The van der Waals surface area contributed by atoms with Gasteiger partial charge in [0.1, 0.15) is 11.5 Å². The highest BCUT2D eigenvalue weighted by atomic mass is 35.5. The maximum atomic E-state index is 12.3. The maximum Gasteiger partial charge on any atom is 0.352 e. The molecule has 0 spiro atoms. The molecule has 6 heteroatoms. The average molecular weight is 438 g/mol. The summed E-state index contributed by atoms with van der Waals surface area (Å²) >= 11 is 5.85. The summed E-state index contributed by atoms with van der Waals surface area (Å²) in [6, 6.07) is 20.8. The monoisotopic (exact) mass is 437 g/mol. The third-order valence-electron chi connectivity index (χ3n) is 4.54. The van der Waals surface area contributed by atoms with Crippen molar-refractivity contribution >= 4 is 29.2 Å². The van der Waals surface area contributed by atoms with E-state index >= 15 is 0 Å². The Morgan fingerprint density at radius 2 is 1.52 bits per heavy atom. The van der Waals surface area contributed by atoms with Crippen molar-refractivity contribution in [1.82, 2.24) is 0 Å². The molecule has 0 aromatic heterocycles. The van der Waals surface area contributed by atoms with Crippen LogP contribution in [0.4, 0.5) is 5.69 Å². The molecule has 0 saturated carbocycles. The summed E-state index contributed by atoms with van der Waals surface area (Å²) in [6.07, 6.45) is 1.31. The van der Waals surface area contributed by atoms with Crippen molar-refractivity contribution in [3.05, 3.63) is 88.9 Å². The number of nitrogens with one attached hydrogen (secondary N) is 1. The van der Waals surface area contributed by atoms with E-state index < -0.39 is 12.1 Å². The molecule has 1 N–H and O–H groups in total. The molecule has 0 aliphatic carbocycles. The fourth-order valence-corrected chi connectivity index (χ4v) is 3.01. The van der Waals surface area contributed by atoms with Crippen LogP contribution in [0.5, 0.6) is 11.5 Å². The molecule has 0 aliphatic rings. The Morgan fingerprint density at radius 1 is 0.903 bits per heavy atom. The van der Waals surface area contributed by atoms with Crippen molar-refractivity contribution in [2.45, 2.75) is 32.8 Å². The van der Waals surface area contributed by atoms with E-state index in [1.807, 2.05) is 24.3 Å². The Labute approximate surface area is 187 Å². The summed E-state index contributed by atoms with van der Waals surface area (Å²) in [5, 5.41) is 3.37. The minimum Gasteiger partial charge on any atom is -0.479 e. The van der Waals surface area contributed by atoms with Crippen LogP contribution in [0.25, 0.3) is 0 Å². The molecule has 0 saturated heterocycles. The molecular formula is C25H24ClNO4. The molecule has 0 fully saturated rings. The van der Waals surface area contributed by atoms with Crippen LogP contribution >= 0.6 is 11.6 Å². The van der Waals surface area contributed by atoms with Crippen molar-refractivity contribution in [2.24, 2.45) is 0 Å². The van der Waals surface area contributed by atoms with E-state index in [-0.39, 0.29) is 5.91 Å². The summed E-state index contributed by atoms with van der Waals surface area (Å²) in [5.41, 5.74) is 2.30. The quantitative estimate of drug-likeness (QED) is 0.351. The van der Waals surface area contributed by atoms with Crippen LogP contribution in [-0.2, 0) is 11.2 Å². The van der Waals surface area contributed by atoms with Gasteiger partial charge in [0.05, 0.1) is 0 Å². The molecule has 1 amide bonds. The van der Waals surface area contributed by atoms with E-state index in [1.165, 1.54) is 5.56 Å². The Bertz CT molecular complexity index is 1010. The fraction of sp³-hybridized carbons (Fsp3) is 0.200. The number of rotatable bonds is 8. The molecule has 5 nitrogen and oxygen atoms in total. The number of amides is 1. The van der Waals surface area contributed by atoms with E-state index in [2.05, 4.69) is 12.2 Å². The SMILES string of the molecule is CCCc1ccc(OC(C)C(=O)Oc2ccc(C(=O)Nc3ccc(Cl)cc3)cc2)cc1. The van der Waals surface area contributed by atoms with Gasteiger partial charge in [0, 0.05) is 16.3 Å². The number of hydrogen-bond donors (Lipinski definition) is 1. The minimum absolute atomic E-state index is 0.275. The Balaban J connectivity index is 1.53. The van der Waals surface area contributed by atoms with E-state index in [1.54, 1.807) is 55.5 Å². The highest BCUT2D eigenvalue weighted by molar-refractivity contribution is 6.30. The van der Waals surface area contributed by atoms with E-state index in [9.17, 15) is 9.59 Å². The largest absolute Gasteiger partial charge is 0.479 e. The first kappa shape index (κ1) is 22.4. The van der Waals surface area contributed by atoms with Crippen LogP contribution in [0, 0.1) is 0 Å². The van der Waals surface area contributed by atoms with Crippen molar-refractivity contribution in [3.63, 3.8) is 0 Å². The van der Waals surface area contributed by atoms with Gasteiger partial charge in [-0.15, -0.1) is 0 Å². The average Bonchev–Trinajstić information content (AvgIpc) is 2.77. The van der Waals surface area contributed by atoms with Gasteiger partial charge in [-0.25, -0.2) is 4.79 Å². The summed E-state index contributed by atoms with van der Waals surface area (Å²) in [7, 11) is 0. The van der Waals surface area contributed by atoms with Crippen LogP contribution in [0.15, 0.2) is 72.8 Å². The second-order valence-corrected chi connectivity index (χ2v) is 7.50.